The molecule has 1 atom stereocenters. The molecule has 1 N–H and O–H groups in total. The van der Waals surface area contributed by atoms with Crippen LogP contribution in [0.15, 0.2) is 12.3 Å². The third-order valence-corrected chi connectivity index (χ3v) is 2.49. The maximum Gasteiger partial charge on any atom is 0.168 e. The predicted molar refractivity (Wildman–Crippen MR) is 69.6 cm³/mol. The van der Waals surface area contributed by atoms with Gasteiger partial charge in [0.25, 0.3) is 0 Å². The van der Waals surface area contributed by atoms with Gasteiger partial charge in [0.1, 0.15) is 5.82 Å². The zero-order valence-corrected chi connectivity index (χ0v) is 11.4. The fourth-order valence-corrected chi connectivity index (χ4v) is 1.90. The van der Waals surface area contributed by atoms with Crippen molar-refractivity contribution in [2.24, 2.45) is 5.92 Å². The van der Waals surface area contributed by atoms with Gasteiger partial charge >= 0.3 is 0 Å². The molecule has 3 nitrogen and oxygen atoms in total. The van der Waals surface area contributed by atoms with Gasteiger partial charge in [0.15, 0.2) is 11.6 Å². The highest BCUT2D eigenvalue weighted by Gasteiger charge is 2.15. The van der Waals surface area contributed by atoms with Gasteiger partial charge in [-0.15, -0.1) is 0 Å². The van der Waals surface area contributed by atoms with Crippen molar-refractivity contribution in [1.82, 2.24) is 9.88 Å². The molecule has 0 fully saturated rings. The highest BCUT2D eigenvalue weighted by Crippen LogP contribution is 2.15. The zero-order valence-electron chi connectivity index (χ0n) is 11.4. The molecule has 0 bridgehead atoms. The van der Waals surface area contributed by atoms with Gasteiger partial charge in [-0.05, 0) is 26.4 Å². The van der Waals surface area contributed by atoms with Crippen LogP contribution in [0.1, 0.15) is 20.3 Å². The summed E-state index contributed by atoms with van der Waals surface area (Å²) in [5.41, 5.74) is 0. The first-order valence-electron chi connectivity index (χ1n) is 6.10. The normalized spacial score (nSPS) is 13.1. The second-order valence-electron chi connectivity index (χ2n) is 5.22. The number of halogens is 2. The first kappa shape index (κ1) is 14.8. The molecule has 0 aliphatic rings. The molecule has 0 aliphatic carbocycles. The average molecular weight is 257 g/mol. The second-order valence-corrected chi connectivity index (χ2v) is 5.22. The second kappa shape index (κ2) is 6.64. The number of aromatic nitrogens is 1. The largest absolute Gasteiger partial charge is 0.364 e. The first-order chi connectivity index (χ1) is 8.38. The van der Waals surface area contributed by atoms with Gasteiger partial charge in [0.2, 0.25) is 0 Å². The molecule has 0 aromatic carbocycles. The van der Waals surface area contributed by atoms with Gasteiger partial charge in [-0.2, -0.15) is 0 Å². The molecule has 1 heterocycles. The molecule has 18 heavy (non-hydrogen) atoms. The van der Waals surface area contributed by atoms with Crippen LogP contribution in [0.2, 0.25) is 0 Å². The lowest BCUT2D eigenvalue weighted by atomic mass is 10.0. The Labute approximate surface area is 107 Å². The van der Waals surface area contributed by atoms with Crippen molar-refractivity contribution in [3.05, 3.63) is 23.9 Å². The molecule has 102 valence electrons. The van der Waals surface area contributed by atoms with E-state index >= 15 is 0 Å². The van der Waals surface area contributed by atoms with E-state index in [0.717, 1.165) is 25.2 Å². The summed E-state index contributed by atoms with van der Waals surface area (Å²) in [6.45, 7) is 4.99. The molecule has 5 heteroatoms. The van der Waals surface area contributed by atoms with Gasteiger partial charge < -0.3 is 10.2 Å². The van der Waals surface area contributed by atoms with Gasteiger partial charge in [-0.3, -0.25) is 0 Å². The van der Waals surface area contributed by atoms with Crippen LogP contribution >= 0.6 is 0 Å². The summed E-state index contributed by atoms with van der Waals surface area (Å²) >= 11 is 0. The van der Waals surface area contributed by atoms with Gasteiger partial charge in [-0.1, -0.05) is 13.8 Å². The van der Waals surface area contributed by atoms with Gasteiger partial charge in [0, 0.05) is 18.7 Å². The Bertz CT molecular complexity index is 370. The van der Waals surface area contributed by atoms with Crippen LogP contribution in [0, 0.1) is 17.6 Å². The van der Waals surface area contributed by atoms with Gasteiger partial charge in [-0.25, -0.2) is 13.8 Å². The monoisotopic (exact) mass is 257 g/mol. The number of hydrogen-bond donors (Lipinski definition) is 1. The highest BCUT2D eigenvalue weighted by atomic mass is 19.1. The van der Waals surface area contributed by atoms with Crippen LogP contribution in [-0.2, 0) is 0 Å². The minimum atomic E-state index is -0.661. The Balaban J connectivity index is 2.75. The van der Waals surface area contributed by atoms with Crippen LogP contribution in [0.25, 0.3) is 0 Å². The summed E-state index contributed by atoms with van der Waals surface area (Å²) < 4.78 is 26.3. The van der Waals surface area contributed by atoms with E-state index < -0.39 is 11.6 Å². The molecule has 1 aromatic heterocycles. The number of rotatable bonds is 6. The summed E-state index contributed by atoms with van der Waals surface area (Å²) in [5.74, 6) is -0.705. The topological polar surface area (TPSA) is 28.2 Å². The summed E-state index contributed by atoms with van der Waals surface area (Å²) in [7, 11) is 3.92. The first-order valence-corrected chi connectivity index (χ1v) is 6.10. The van der Waals surface area contributed by atoms with E-state index in [4.69, 9.17) is 0 Å². The van der Waals surface area contributed by atoms with Crippen LogP contribution in [0.4, 0.5) is 14.6 Å². The lowest BCUT2D eigenvalue weighted by Gasteiger charge is -2.24. The predicted octanol–water partition coefficient (Wildman–Crippen LogP) is 2.75. The van der Waals surface area contributed by atoms with Crippen LogP contribution < -0.4 is 5.32 Å². The number of anilines is 1. The maximum atomic E-state index is 13.5. The molecule has 0 spiro atoms. The van der Waals surface area contributed by atoms with E-state index in [0.29, 0.717) is 5.92 Å². The van der Waals surface area contributed by atoms with Gasteiger partial charge in [0.05, 0.1) is 6.20 Å². The zero-order chi connectivity index (χ0) is 13.7. The number of likely N-dealkylation sites (N-methyl/N-ethyl adjacent to an activating group) is 1. The van der Waals surface area contributed by atoms with Crippen molar-refractivity contribution in [1.29, 1.82) is 0 Å². The summed E-state index contributed by atoms with van der Waals surface area (Å²) in [6.07, 6.45) is 1.92. The summed E-state index contributed by atoms with van der Waals surface area (Å²) in [4.78, 5) is 5.78. The van der Waals surface area contributed by atoms with E-state index in [1.54, 1.807) is 0 Å². The Morgan fingerprint density at radius 1 is 1.33 bits per heavy atom. The minimum absolute atomic E-state index is 0.0902. The number of nitrogens with one attached hydrogen (secondary N) is 1. The lowest BCUT2D eigenvalue weighted by Crippen LogP contribution is -2.34. The standard InChI is InChI=1S/C13H21F2N3/c1-9(2)5-11(8-18(3)4)17-13-12(15)6-10(14)7-16-13/h6-7,9,11H,5,8H2,1-4H3,(H,16,17). The number of nitrogens with zero attached hydrogens (tertiary/aromatic N) is 2. The SMILES string of the molecule is CC(C)CC(CN(C)C)Nc1ncc(F)cc1F. The number of pyridine rings is 1. The van der Waals surface area contributed by atoms with Crippen LogP contribution in [-0.4, -0.2) is 36.6 Å². The third kappa shape index (κ3) is 4.96. The van der Waals surface area contributed by atoms with E-state index in [-0.39, 0.29) is 11.9 Å². The molecule has 0 radical (unpaired) electrons. The fraction of sp³-hybridized carbons (Fsp3) is 0.615. The average Bonchev–Trinajstić information content (AvgIpc) is 2.20. The van der Waals surface area contributed by atoms with Crippen LogP contribution in [0.5, 0.6) is 0 Å². The Kier molecular flexibility index (Phi) is 5.47. The fourth-order valence-electron chi connectivity index (χ4n) is 1.90. The molecule has 0 saturated carbocycles. The maximum absolute atomic E-state index is 13.5. The van der Waals surface area contributed by atoms with Crippen molar-refractivity contribution >= 4 is 5.82 Å². The summed E-state index contributed by atoms with van der Waals surface area (Å²) in [6, 6.07) is 0.935. The lowest BCUT2D eigenvalue weighted by molar-refractivity contribution is 0.355. The third-order valence-electron chi connectivity index (χ3n) is 2.49. The Morgan fingerprint density at radius 3 is 2.50 bits per heavy atom. The molecule has 1 rings (SSSR count). The quantitative estimate of drug-likeness (QED) is 0.849. The van der Waals surface area contributed by atoms with Crippen molar-refractivity contribution in [2.75, 3.05) is 26.0 Å². The smallest absolute Gasteiger partial charge is 0.168 e. The Hall–Kier alpha value is -1.23. The molecule has 0 amide bonds. The summed E-state index contributed by atoms with van der Waals surface area (Å²) in [5, 5.41) is 3.04. The highest BCUT2D eigenvalue weighted by molar-refractivity contribution is 5.37. The Morgan fingerprint density at radius 2 is 2.00 bits per heavy atom. The molecule has 0 aliphatic heterocycles. The molecular formula is C13H21F2N3. The van der Waals surface area contributed by atoms with E-state index in [1.807, 2.05) is 19.0 Å². The van der Waals surface area contributed by atoms with Crippen molar-refractivity contribution in [3.63, 3.8) is 0 Å². The number of hydrogen-bond acceptors (Lipinski definition) is 3. The van der Waals surface area contributed by atoms with E-state index in [1.165, 1.54) is 0 Å². The van der Waals surface area contributed by atoms with Crippen molar-refractivity contribution in [2.45, 2.75) is 26.3 Å². The van der Waals surface area contributed by atoms with E-state index in [9.17, 15) is 8.78 Å². The minimum Gasteiger partial charge on any atom is -0.364 e. The molecule has 1 aromatic rings. The van der Waals surface area contributed by atoms with Crippen molar-refractivity contribution in [3.8, 4) is 0 Å². The van der Waals surface area contributed by atoms with E-state index in [2.05, 4.69) is 24.1 Å². The molecular weight excluding hydrogens is 236 g/mol. The van der Waals surface area contributed by atoms with Crippen LogP contribution in [0.3, 0.4) is 0 Å². The molecule has 1 unspecified atom stereocenters. The van der Waals surface area contributed by atoms with Crippen molar-refractivity contribution < 1.29 is 8.78 Å². The molecule has 0 saturated heterocycles.